The molecule has 0 aliphatic carbocycles. The van der Waals surface area contributed by atoms with Gasteiger partial charge in [0.2, 0.25) is 0 Å². The maximum atomic E-state index is 11.2. The predicted molar refractivity (Wildman–Crippen MR) is 120 cm³/mol. The average Bonchev–Trinajstić information content (AvgIpc) is 2.56. The van der Waals surface area contributed by atoms with E-state index in [-0.39, 0.29) is 44.9 Å². The average molecular weight is 489 g/mol. The summed E-state index contributed by atoms with van der Waals surface area (Å²) in [6.45, 7) is -1.61. The van der Waals surface area contributed by atoms with Crippen molar-refractivity contribution >= 4 is 55.8 Å². The van der Waals surface area contributed by atoms with Crippen LogP contribution in [0.25, 0.3) is 0 Å². The second-order valence-electron chi connectivity index (χ2n) is 7.72. The Labute approximate surface area is 192 Å². The van der Waals surface area contributed by atoms with Crippen molar-refractivity contribution in [3.05, 3.63) is 0 Å². The first-order chi connectivity index (χ1) is 13.9. The maximum Gasteiger partial charge on any atom is 0.304 e. The Kier molecular flexibility index (Phi) is 13.4. The Balaban J connectivity index is 6.41. The van der Waals surface area contributed by atoms with Crippen molar-refractivity contribution in [3.8, 4) is 0 Å². The van der Waals surface area contributed by atoms with Gasteiger partial charge in [-0.1, -0.05) is 0 Å². The van der Waals surface area contributed by atoms with Gasteiger partial charge in [-0.05, 0) is 31.1 Å². The van der Waals surface area contributed by atoms with Gasteiger partial charge < -0.3 is 30.6 Å². The van der Waals surface area contributed by atoms with Crippen molar-refractivity contribution in [2.24, 2.45) is 10.8 Å². The zero-order valence-corrected chi connectivity index (χ0v) is 19.2. The summed E-state index contributed by atoms with van der Waals surface area (Å²) in [7, 11) is 0. The van der Waals surface area contributed by atoms with E-state index in [0.29, 0.717) is 0 Å². The predicted octanol–water partition coefficient (Wildman–Crippen LogP) is 0.816. The molecule has 0 bridgehead atoms. The molecule has 0 radical (unpaired) electrons. The summed E-state index contributed by atoms with van der Waals surface area (Å²) >= 11 is 13.0. The van der Waals surface area contributed by atoms with Crippen LogP contribution >= 0.6 is 37.9 Å². The molecule has 12 heteroatoms. The summed E-state index contributed by atoms with van der Waals surface area (Å²) in [5.41, 5.74) is -2.55. The van der Waals surface area contributed by atoms with Crippen LogP contribution in [0.4, 0.5) is 0 Å². The monoisotopic (exact) mass is 488 g/mol. The SMILES string of the molecule is O=C(O)CC(S)CC(CC(S)CC(=O)O)(CC(S)CC(=O)O)C(CO)(CO)CCO. The van der Waals surface area contributed by atoms with Crippen molar-refractivity contribution in [2.45, 2.75) is 60.7 Å². The molecular weight excluding hydrogens is 456 g/mol. The topological polar surface area (TPSA) is 173 Å². The van der Waals surface area contributed by atoms with Crippen LogP contribution in [0, 0.1) is 10.8 Å². The molecule has 0 saturated carbocycles. The van der Waals surface area contributed by atoms with Gasteiger partial charge in [0, 0.05) is 27.8 Å². The Bertz CT molecular complexity index is 509. The van der Waals surface area contributed by atoms with Crippen LogP contribution in [0.3, 0.4) is 0 Å². The van der Waals surface area contributed by atoms with E-state index in [1.807, 2.05) is 0 Å². The van der Waals surface area contributed by atoms with Crippen molar-refractivity contribution in [1.29, 1.82) is 0 Å². The van der Waals surface area contributed by atoms with Crippen LogP contribution < -0.4 is 0 Å². The molecule has 9 nitrogen and oxygen atoms in total. The third kappa shape index (κ3) is 9.23. The van der Waals surface area contributed by atoms with Gasteiger partial charge in [0.05, 0.1) is 32.5 Å². The Morgan fingerprint density at radius 3 is 1.13 bits per heavy atom. The first-order valence-corrected chi connectivity index (χ1v) is 10.9. The minimum absolute atomic E-state index is 0.0108. The Morgan fingerprint density at radius 1 is 0.633 bits per heavy atom. The first-order valence-electron chi connectivity index (χ1n) is 9.39. The number of carbonyl (C=O) groups is 3. The number of carboxylic acids is 3. The molecule has 0 aromatic carbocycles. The van der Waals surface area contributed by atoms with Gasteiger partial charge in [0.1, 0.15) is 0 Å². The van der Waals surface area contributed by atoms with Crippen molar-refractivity contribution < 1.29 is 45.0 Å². The van der Waals surface area contributed by atoms with E-state index in [4.69, 9.17) is 15.3 Å². The summed E-state index contributed by atoms with van der Waals surface area (Å²) in [4.78, 5) is 33.5. The molecule has 3 atom stereocenters. The molecule has 3 unspecified atom stereocenters. The number of aliphatic hydroxyl groups excluding tert-OH is 3. The fraction of sp³-hybridized carbons (Fsp3) is 0.833. The fourth-order valence-electron chi connectivity index (χ4n) is 4.10. The molecule has 0 saturated heterocycles. The van der Waals surface area contributed by atoms with Crippen LogP contribution in [-0.2, 0) is 14.4 Å². The van der Waals surface area contributed by atoms with Crippen molar-refractivity contribution in [3.63, 3.8) is 0 Å². The Hall–Kier alpha value is -0.660. The summed E-state index contributed by atoms with van der Waals surface area (Å²) in [6, 6.07) is 0. The number of aliphatic carboxylic acids is 3. The van der Waals surface area contributed by atoms with Crippen molar-refractivity contribution in [2.75, 3.05) is 19.8 Å². The number of rotatable bonds is 17. The molecule has 30 heavy (non-hydrogen) atoms. The standard InChI is InChI=1S/C18H32O9S3/c19-2-1-17(9-20,10-21)18(6-11(28)3-14(22)23,7-12(29)4-15(24)25)8-13(30)5-16(26)27/h11-13,19-21,28-30H,1-10H2,(H,22,23)(H,24,25)(H,26,27). The minimum atomic E-state index is -1.36. The van der Waals surface area contributed by atoms with E-state index in [1.165, 1.54) is 0 Å². The van der Waals surface area contributed by atoms with E-state index < -0.39 is 64.3 Å². The van der Waals surface area contributed by atoms with Crippen LogP contribution in [0.1, 0.15) is 44.9 Å². The first kappa shape index (κ1) is 29.3. The van der Waals surface area contributed by atoms with E-state index in [1.54, 1.807) is 0 Å². The molecule has 0 rings (SSSR count). The molecule has 0 aromatic rings. The fourth-order valence-corrected chi connectivity index (χ4v) is 5.61. The number of hydrogen-bond donors (Lipinski definition) is 9. The van der Waals surface area contributed by atoms with Gasteiger partial charge in [-0.25, -0.2) is 0 Å². The van der Waals surface area contributed by atoms with Gasteiger partial charge in [0.25, 0.3) is 0 Å². The van der Waals surface area contributed by atoms with Gasteiger partial charge in [-0.15, -0.1) is 0 Å². The van der Waals surface area contributed by atoms with E-state index in [9.17, 15) is 29.7 Å². The highest BCUT2D eigenvalue weighted by molar-refractivity contribution is 7.81. The third-order valence-corrected chi connectivity index (χ3v) is 6.53. The second kappa shape index (κ2) is 13.7. The number of hydrogen-bond acceptors (Lipinski definition) is 9. The van der Waals surface area contributed by atoms with Crippen LogP contribution in [0.15, 0.2) is 0 Å². The molecule has 0 fully saturated rings. The molecule has 0 amide bonds. The molecule has 0 aromatic heterocycles. The van der Waals surface area contributed by atoms with Gasteiger partial charge in [-0.3, -0.25) is 14.4 Å². The third-order valence-electron chi connectivity index (χ3n) is 5.43. The highest BCUT2D eigenvalue weighted by Gasteiger charge is 2.52. The molecule has 6 N–H and O–H groups in total. The summed E-state index contributed by atoms with van der Waals surface area (Å²) in [5.74, 6) is -3.36. The van der Waals surface area contributed by atoms with Crippen LogP contribution in [0.5, 0.6) is 0 Å². The molecular formula is C18H32O9S3. The lowest BCUT2D eigenvalue weighted by atomic mass is 9.55. The molecule has 0 spiro atoms. The molecule has 0 aliphatic heterocycles. The summed E-state index contributed by atoms with van der Waals surface area (Å²) in [6.07, 6.45) is -1.07. The Morgan fingerprint density at radius 2 is 0.933 bits per heavy atom. The number of aliphatic hydroxyl groups is 3. The van der Waals surface area contributed by atoms with Crippen molar-refractivity contribution in [1.82, 2.24) is 0 Å². The summed E-state index contributed by atoms with van der Waals surface area (Å²) in [5, 5.41) is 55.2. The maximum absolute atomic E-state index is 11.2. The normalized spacial score (nSPS) is 17.0. The van der Waals surface area contributed by atoms with Crippen LogP contribution in [-0.4, -0.2) is 84.1 Å². The molecule has 0 heterocycles. The number of thiol groups is 3. The lowest BCUT2D eigenvalue weighted by Crippen LogP contribution is -2.52. The highest BCUT2D eigenvalue weighted by atomic mass is 32.1. The van der Waals surface area contributed by atoms with Gasteiger partial charge in [-0.2, -0.15) is 37.9 Å². The number of carboxylic acid groups (broad SMARTS) is 3. The lowest BCUT2D eigenvalue weighted by Gasteiger charge is -2.52. The summed E-state index contributed by atoms with van der Waals surface area (Å²) < 4.78 is 0. The second-order valence-corrected chi connectivity index (χ2v) is 9.91. The molecule has 176 valence electrons. The smallest absolute Gasteiger partial charge is 0.304 e. The highest BCUT2D eigenvalue weighted by Crippen LogP contribution is 2.54. The molecule has 0 aliphatic rings. The largest absolute Gasteiger partial charge is 0.481 e. The van der Waals surface area contributed by atoms with Gasteiger partial charge >= 0.3 is 17.9 Å². The van der Waals surface area contributed by atoms with E-state index in [0.717, 1.165) is 0 Å². The zero-order valence-electron chi connectivity index (χ0n) is 16.6. The van der Waals surface area contributed by atoms with Gasteiger partial charge in [0.15, 0.2) is 0 Å². The zero-order chi connectivity index (χ0) is 23.5. The van der Waals surface area contributed by atoms with Crippen LogP contribution in [0.2, 0.25) is 0 Å². The lowest BCUT2D eigenvalue weighted by molar-refractivity contribution is -0.137. The van der Waals surface area contributed by atoms with E-state index in [2.05, 4.69) is 37.9 Å². The quantitative estimate of drug-likeness (QED) is 0.134. The minimum Gasteiger partial charge on any atom is -0.481 e. The van der Waals surface area contributed by atoms with E-state index >= 15 is 0 Å².